The minimum atomic E-state index is -0.770. The molecule has 0 aliphatic carbocycles. The van der Waals surface area contributed by atoms with Crippen LogP contribution in [0.2, 0.25) is 0 Å². The average Bonchev–Trinajstić information content (AvgIpc) is 2.18. The van der Waals surface area contributed by atoms with E-state index in [2.05, 4.69) is 37.4 Å². The Morgan fingerprint density at radius 1 is 1.33 bits per heavy atom. The molecule has 1 aromatic rings. The summed E-state index contributed by atoms with van der Waals surface area (Å²) in [5, 5.41) is 3.20. The Bertz CT molecular complexity index is 363. The molecule has 0 spiro atoms. The quantitative estimate of drug-likeness (QED) is 0.848. The van der Waals surface area contributed by atoms with Gasteiger partial charge in [-0.15, -0.1) is 0 Å². The van der Waals surface area contributed by atoms with Gasteiger partial charge in [-0.1, -0.05) is 18.2 Å². The summed E-state index contributed by atoms with van der Waals surface area (Å²) in [5.74, 6) is 0.666. The Kier molecular flexibility index (Phi) is 4.48. The van der Waals surface area contributed by atoms with Crippen molar-refractivity contribution in [1.29, 1.82) is 0 Å². The van der Waals surface area contributed by atoms with Gasteiger partial charge in [-0.05, 0) is 37.6 Å². The maximum Gasteiger partial charge on any atom is 0.0434 e. The van der Waals surface area contributed by atoms with Crippen LogP contribution in [0.1, 0.15) is 22.7 Å². The molecule has 0 saturated heterocycles. The first-order valence-electron chi connectivity index (χ1n) is 5.09. The van der Waals surface area contributed by atoms with Gasteiger partial charge >= 0.3 is 0 Å². The first kappa shape index (κ1) is 12.4. The van der Waals surface area contributed by atoms with E-state index >= 15 is 0 Å². The second kappa shape index (κ2) is 5.42. The van der Waals surface area contributed by atoms with E-state index in [9.17, 15) is 4.21 Å². The first-order valence-corrected chi connectivity index (χ1v) is 6.81. The molecular weight excluding hydrogens is 206 g/mol. The van der Waals surface area contributed by atoms with Crippen molar-refractivity contribution in [2.45, 2.75) is 19.9 Å². The lowest BCUT2D eigenvalue weighted by atomic mass is 10.0. The Morgan fingerprint density at radius 3 is 2.47 bits per heavy atom. The molecule has 1 aromatic carbocycles. The SMILES string of the molecule is CNC(CS(C)=O)c1ccc(C)c(C)c1. The van der Waals surface area contributed by atoms with E-state index in [0.29, 0.717) is 5.75 Å². The number of benzene rings is 1. The predicted octanol–water partition coefficient (Wildman–Crippen LogP) is 1.94. The lowest BCUT2D eigenvalue weighted by Gasteiger charge is -2.16. The number of aryl methyl sites for hydroxylation is 2. The molecule has 2 nitrogen and oxygen atoms in total. The molecule has 0 bridgehead atoms. The molecule has 0 amide bonds. The van der Waals surface area contributed by atoms with Gasteiger partial charge in [0.1, 0.15) is 0 Å². The van der Waals surface area contributed by atoms with Gasteiger partial charge in [-0.3, -0.25) is 4.21 Å². The zero-order valence-corrected chi connectivity index (χ0v) is 10.6. The smallest absolute Gasteiger partial charge is 0.0434 e. The largest absolute Gasteiger partial charge is 0.312 e. The van der Waals surface area contributed by atoms with Crippen molar-refractivity contribution in [2.75, 3.05) is 19.1 Å². The molecule has 0 saturated carbocycles. The van der Waals surface area contributed by atoms with Gasteiger partial charge in [0.05, 0.1) is 0 Å². The number of rotatable bonds is 4. The van der Waals surface area contributed by atoms with Crippen LogP contribution in [0.15, 0.2) is 18.2 Å². The monoisotopic (exact) mass is 225 g/mol. The van der Waals surface area contributed by atoms with Crippen LogP contribution in [-0.2, 0) is 10.8 Å². The van der Waals surface area contributed by atoms with Crippen LogP contribution < -0.4 is 5.32 Å². The summed E-state index contributed by atoms with van der Waals surface area (Å²) in [6.45, 7) is 4.21. The maximum absolute atomic E-state index is 11.2. The minimum Gasteiger partial charge on any atom is -0.312 e. The summed E-state index contributed by atoms with van der Waals surface area (Å²) >= 11 is 0. The number of nitrogens with one attached hydrogen (secondary N) is 1. The van der Waals surface area contributed by atoms with Crippen LogP contribution >= 0.6 is 0 Å². The van der Waals surface area contributed by atoms with Crippen LogP contribution in [0.25, 0.3) is 0 Å². The van der Waals surface area contributed by atoms with Gasteiger partial charge in [0.25, 0.3) is 0 Å². The van der Waals surface area contributed by atoms with E-state index in [1.54, 1.807) is 6.26 Å². The first-order chi connectivity index (χ1) is 7.04. The lowest BCUT2D eigenvalue weighted by Crippen LogP contribution is -2.22. The van der Waals surface area contributed by atoms with E-state index in [4.69, 9.17) is 0 Å². The van der Waals surface area contributed by atoms with Crippen molar-refractivity contribution < 1.29 is 4.21 Å². The summed E-state index contributed by atoms with van der Waals surface area (Å²) in [4.78, 5) is 0. The third-order valence-corrected chi connectivity index (χ3v) is 3.49. The fourth-order valence-corrected chi connectivity index (χ4v) is 2.39. The molecule has 84 valence electrons. The second-order valence-electron chi connectivity index (χ2n) is 3.92. The normalized spacial score (nSPS) is 14.9. The van der Waals surface area contributed by atoms with Crippen LogP contribution in [0, 0.1) is 13.8 Å². The molecule has 0 aliphatic heterocycles. The summed E-state index contributed by atoms with van der Waals surface area (Å²) < 4.78 is 11.2. The highest BCUT2D eigenvalue weighted by atomic mass is 32.2. The van der Waals surface area contributed by atoms with Crippen LogP contribution in [0.4, 0.5) is 0 Å². The van der Waals surface area contributed by atoms with Gasteiger partial charge in [-0.25, -0.2) is 0 Å². The zero-order chi connectivity index (χ0) is 11.4. The standard InChI is InChI=1S/C12H19NOS/c1-9-5-6-11(7-10(9)2)12(13-3)8-15(4)14/h5-7,12-13H,8H2,1-4H3. The van der Waals surface area contributed by atoms with Crippen molar-refractivity contribution in [1.82, 2.24) is 5.32 Å². The van der Waals surface area contributed by atoms with Crippen molar-refractivity contribution in [2.24, 2.45) is 0 Å². The van der Waals surface area contributed by atoms with E-state index in [-0.39, 0.29) is 6.04 Å². The Labute approximate surface area is 94.5 Å². The molecule has 2 atom stereocenters. The number of hydrogen-bond donors (Lipinski definition) is 1. The van der Waals surface area contributed by atoms with Crippen molar-refractivity contribution in [3.63, 3.8) is 0 Å². The molecule has 2 unspecified atom stereocenters. The molecule has 3 heteroatoms. The molecule has 0 fully saturated rings. The maximum atomic E-state index is 11.2. The average molecular weight is 225 g/mol. The number of hydrogen-bond acceptors (Lipinski definition) is 2. The highest BCUT2D eigenvalue weighted by molar-refractivity contribution is 7.84. The van der Waals surface area contributed by atoms with Crippen molar-refractivity contribution in [3.05, 3.63) is 34.9 Å². The van der Waals surface area contributed by atoms with E-state index < -0.39 is 10.8 Å². The molecule has 1 rings (SSSR count). The van der Waals surface area contributed by atoms with Crippen LogP contribution in [-0.4, -0.2) is 23.3 Å². The van der Waals surface area contributed by atoms with E-state index in [0.717, 1.165) is 0 Å². The zero-order valence-electron chi connectivity index (χ0n) is 9.83. The third kappa shape index (κ3) is 3.43. The fourth-order valence-electron chi connectivity index (χ4n) is 1.56. The Hall–Kier alpha value is -0.670. The summed E-state index contributed by atoms with van der Waals surface area (Å²) in [5.41, 5.74) is 3.80. The fraction of sp³-hybridized carbons (Fsp3) is 0.500. The van der Waals surface area contributed by atoms with Crippen molar-refractivity contribution >= 4 is 10.8 Å². The molecule has 1 N–H and O–H groups in total. The van der Waals surface area contributed by atoms with Gasteiger partial charge in [0, 0.05) is 28.9 Å². The second-order valence-corrected chi connectivity index (χ2v) is 5.40. The Balaban J connectivity index is 2.92. The van der Waals surface area contributed by atoms with Gasteiger partial charge < -0.3 is 5.32 Å². The van der Waals surface area contributed by atoms with Gasteiger partial charge in [0.2, 0.25) is 0 Å². The van der Waals surface area contributed by atoms with E-state index in [1.165, 1.54) is 16.7 Å². The summed E-state index contributed by atoms with van der Waals surface area (Å²) in [6, 6.07) is 6.59. The highest BCUT2D eigenvalue weighted by Gasteiger charge is 2.11. The molecule has 0 aliphatic rings. The minimum absolute atomic E-state index is 0.190. The van der Waals surface area contributed by atoms with Crippen LogP contribution in [0.3, 0.4) is 0 Å². The highest BCUT2D eigenvalue weighted by Crippen LogP contribution is 2.17. The lowest BCUT2D eigenvalue weighted by molar-refractivity contribution is 0.637. The topological polar surface area (TPSA) is 29.1 Å². The Morgan fingerprint density at radius 2 is 2.00 bits per heavy atom. The molecule has 0 heterocycles. The molecule has 0 radical (unpaired) electrons. The van der Waals surface area contributed by atoms with E-state index in [1.807, 2.05) is 7.05 Å². The van der Waals surface area contributed by atoms with Gasteiger partial charge in [-0.2, -0.15) is 0 Å². The summed E-state index contributed by atoms with van der Waals surface area (Å²) in [7, 11) is 1.14. The van der Waals surface area contributed by atoms with Crippen LogP contribution in [0.5, 0.6) is 0 Å². The van der Waals surface area contributed by atoms with Crippen molar-refractivity contribution in [3.8, 4) is 0 Å². The molecule has 0 aromatic heterocycles. The molecule has 15 heavy (non-hydrogen) atoms. The van der Waals surface area contributed by atoms with Gasteiger partial charge in [0.15, 0.2) is 0 Å². The molecular formula is C12H19NOS. The predicted molar refractivity (Wildman–Crippen MR) is 66.7 cm³/mol. The summed E-state index contributed by atoms with van der Waals surface area (Å²) in [6.07, 6.45) is 1.74. The third-order valence-electron chi connectivity index (χ3n) is 2.68.